The third-order valence-corrected chi connectivity index (χ3v) is 8.13. The SMILES string of the molecule is CCCCCCCCCCCCOc1cccc2c(OCC(COP(O)OCC(C)[N+](C)(C)C)OC=O)cccc12. The van der Waals surface area contributed by atoms with E-state index in [-0.39, 0.29) is 19.3 Å². The van der Waals surface area contributed by atoms with Crippen molar-refractivity contribution in [1.82, 2.24) is 0 Å². The van der Waals surface area contributed by atoms with E-state index in [4.69, 9.17) is 23.3 Å². The van der Waals surface area contributed by atoms with Crippen LogP contribution in [-0.4, -0.2) is 75.6 Å². The average Bonchev–Trinajstić information content (AvgIpc) is 2.95. The highest BCUT2D eigenvalue weighted by atomic mass is 31.2. The lowest BCUT2D eigenvalue weighted by atomic mass is 10.1. The van der Waals surface area contributed by atoms with Crippen LogP contribution in [0.4, 0.5) is 0 Å². The molecule has 9 heteroatoms. The minimum absolute atomic E-state index is 0.0440. The van der Waals surface area contributed by atoms with Crippen LogP contribution in [0.15, 0.2) is 36.4 Å². The van der Waals surface area contributed by atoms with Gasteiger partial charge in [-0.15, -0.1) is 0 Å². The number of carbonyl (C=O) groups excluding carboxylic acids is 1. The molecule has 8 nitrogen and oxygen atoms in total. The van der Waals surface area contributed by atoms with Gasteiger partial charge in [0.15, 0.2) is 6.10 Å². The average molecular weight is 595 g/mol. The summed E-state index contributed by atoms with van der Waals surface area (Å²) in [5.74, 6) is 1.49. The molecule has 0 heterocycles. The molecule has 0 saturated carbocycles. The van der Waals surface area contributed by atoms with E-state index in [0.29, 0.717) is 29.9 Å². The summed E-state index contributed by atoms with van der Waals surface area (Å²) in [5, 5.41) is 1.89. The normalized spacial score (nSPS) is 14.0. The molecule has 0 aliphatic rings. The fourth-order valence-electron chi connectivity index (χ4n) is 4.24. The van der Waals surface area contributed by atoms with Crippen molar-refractivity contribution in [3.8, 4) is 11.5 Å². The highest BCUT2D eigenvalue weighted by Crippen LogP contribution is 2.34. The molecule has 0 aliphatic carbocycles. The standard InChI is InChI=1S/C32H53NO7P/c1-6-7-8-9-10-11-12-13-14-15-22-36-31-20-16-19-30-29(31)18-17-21-32(30)37-24-28(38-26-34)25-40-41(35)39-23-27(2)33(3,4)5/h16-21,26-28,35H,6-15,22-25H2,1-5H3/q+1. The first kappa shape index (κ1) is 35.2. The van der Waals surface area contributed by atoms with Crippen LogP contribution in [0.2, 0.25) is 0 Å². The van der Waals surface area contributed by atoms with Crippen LogP contribution in [-0.2, 0) is 18.6 Å². The van der Waals surface area contributed by atoms with Gasteiger partial charge in [0.2, 0.25) is 0 Å². The molecule has 3 unspecified atom stereocenters. The number of nitrogens with zero attached hydrogens (tertiary/aromatic N) is 1. The molecular weight excluding hydrogens is 541 g/mol. The lowest BCUT2D eigenvalue weighted by Gasteiger charge is -2.31. The van der Waals surface area contributed by atoms with E-state index in [1.54, 1.807) is 0 Å². The fraction of sp³-hybridized carbons (Fsp3) is 0.656. The zero-order valence-electron chi connectivity index (χ0n) is 25.9. The van der Waals surface area contributed by atoms with Gasteiger partial charge < -0.3 is 32.6 Å². The lowest BCUT2D eigenvalue weighted by Crippen LogP contribution is -2.45. The molecule has 0 aromatic heterocycles. The first-order valence-corrected chi connectivity index (χ1v) is 16.3. The maximum Gasteiger partial charge on any atom is 0.330 e. The molecule has 2 aromatic rings. The number of benzene rings is 2. The third-order valence-electron chi connectivity index (χ3n) is 7.39. The zero-order valence-corrected chi connectivity index (χ0v) is 26.8. The second-order valence-corrected chi connectivity index (χ2v) is 12.6. The van der Waals surface area contributed by atoms with Crippen LogP contribution in [0.3, 0.4) is 0 Å². The lowest BCUT2D eigenvalue weighted by molar-refractivity contribution is -0.894. The second-order valence-electron chi connectivity index (χ2n) is 11.6. The number of quaternary nitrogens is 1. The molecule has 2 aromatic carbocycles. The molecule has 0 saturated heterocycles. The van der Waals surface area contributed by atoms with E-state index in [0.717, 1.165) is 22.9 Å². The van der Waals surface area contributed by atoms with Crippen LogP contribution in [0.25, 0.3) is 10.8 Å². The molecule has 0 radical (unpaired) electrons. The number of carbonyl (C=O) groups is 1. The molecule has 0 aliphatic heterocycles. The Morgan fingerprint density at radius 2 is 1.32 bits per heavy atom. The number of hydrogen-bond donors (Lipinski definition) is 1. The van der Waals surface area contributed by atoms with Crippen molar-refractivity contribution in [2.75, 3.05) is 47.6 Å². The van der Waals surface area contributed by atoms with Gasteiger partial charge in [0.25, 0.3) is 6.47 Å². The van der Waals surface area contributed by atoms with Crippen molar-refractivity contribution in [2.45, 2.75) is 90.2 Å². The summed E-state index contributed by atoms with van der Waals surface area (Å²) in [6, 6.07) is 11.9. The summed E-state index contributed by atoms with van der Waals surface area (Å²) in [6.07, 6.45) is 12.2. The maximum absolute atomic E-state index is 11.1. The number of rotatable bonds is 24. The quantitative estimate of drug-likeness (QED) is 0.0587. The highest BCUT2D eigenvalue weighted by molar-refractivity contribution is 7.40. The van der Waals surface area contributed by atoms with Gasteiger partial charge in [-0.25, -0.2) is 0 Å². The zero-order chi connectivity index (χ0) is 29.9. The van der Waals surface area contributed by atoms with Crippen molar-refractivity contribution in [3.05, 3.63) is 36.4 Å². The van der Waals surface area contributed by atoms with Gasteiger partial charge in [0, 0.05) is 10.8 Å². The summed E-state index contributed by atoms with van der Waals surface area (Å²) < 4.78 is 28.9. The first-order chi connectivity index (χ1) is 19.8. The summed E-state index contributed by atoms with van der Waals surface area (Å²) >= 11 is 0. The Bertz CT molecular complexity index is 984. The highest BCUT2D eigenvalue weighted by Gasteiger charge is 2.22. The van der Waals surface area contributed by atoms with Gasteiger partial charge in [-0.3, -0.25) is 4.79 Å². The summed E-state index contributed by atoms with van der Waals surface area (Å²) in [6.45, 7) is 5.72. The topological polar surface area (TPSA) is 83.5 Å². The summed E-state index contributed by atoms with van der Waals surface area (Å²) in [7, 11) is 4.07. The predicted octanol–water partition coefficient (Wildman–Crippen LogP) is 7.41. The fourth-order valence-corrected chi connectivity index (χ4v) is 4.95. The number of fused-ring (bicyclic) bond motifs is 1. The van der Waals surface area contributed by atoms with Crippen molar-refractivity contribution < 1.29 is 37.4 Å². The van der Waals surface area contributed by atoms with E-state index in [1.807, 2.05) is 43.3 Å². The molecule has 0 spiro atoms. The van der Waals surface area contributed by atoms with E-state index in [2.05, 4.69) is 28.1 Å². The van der Waals surface area contributed by atoms with Crippen LogP contribution >= 0.6 is 8.60 Å². The summed E-state index contributed by atoms with van der Waals surface area (Å²) in [4.78, 5) is 21.2. The van der Waals surface area contributed by atoms with Crippen LogP contribution in [0.1, 0.15) is 78.1 Å². The van der Waals surface area contributed by atoms with E-state index < -0.39 is 14.7 Å². The van der Waals surface area contributed by atoms with Crippen LogP contribution in [0.5, 0.6) is 11.5 Å². The Hall–Kier alpha value is -1.96. The van der Waals surface area contributed by atoms with Crippen molar-refractivity contribution in [3.63, 3.8) is 0 Å². The maximum atomic E-state index is 11.1. The molecule has 3 atom stereocenters. The van der Waals surface area contributed by atoms with E-state index in [9.17, 15) is 9.69 Å². The first-order valence-electron chi connectivity index (χ1n) is 15.2. The Kier molecular flexibility index (Phi) is 17.2. The molecule has 232 valence electrons. The Balaban J connectivity index is 1.80. The molecule has 41 heavy (non-hydrogen) atoms. The predicted molar refractivity (Wildman–Crippen MR) is 166 cm³/mol. The largest absolute Gasteiger partial charge is 0.493 e. The van der Waals surface area contributed by atoms with Gasteiger partial charge in [-0.1, -0.05) is 89.0 Å². The smallest absolute Gasteiger partial charge is 0.330 e. The molecule has 0 bridgehead atoms. The van der Waals surface area contributed by atoms with Crippen LogP contribution in [0, 0.1) is 0 Å². The number of ether oxygens (including phenoxy) is 3. The van der Waals surface area contributed by atoms with Crippen LogP contribution < -0.4 is 9.47 Å². The third kappa shape index (κ3) is 14.2. The molecule has 0 fully saturated rings. The van der Waals surface area contributed by atoms with Crippen molar-refractivity contribution in [1.29, 1.82) is 0 Å². The second kappa shape index (κ2) is 20.0. The molecule has 1 N–H and O–H groups in total. The Morgan fingerprint density at radius 3 is 1.88 bits per heavy atom. The van der Waals surface area contributed by atoms with Gasteiger partial charge >= 0.3 is 8.60 Å². The Labute approximate surface area is 248 Å². The molecule has 2 rings (SSSR count). The van der Waals surface area contributed by atoms with E-state index in [1.165, 1.54) is 57.8 Å². The summed E-state index contributed by atoms with van der Waals surface area (Å²) in [5.41, 5.74) is 0. The van der Waals surface area contributed by atoms with Crippen molar-refractivity contribution >= 4 is 25.8 Å². The van der Waals surface area contributed by atoms with Gasteiger partial charge in [0.05, 0.1) is 34.4 Å². The monoisotopic (exact) mass is 594 g/mol. The number of unbranched alkanes of at least 4 members (excludes halogenated alkanes) is 9. The number of likely N-dealkylation sites (N-methyl/N-ethyl adjacent to an activating group) is 1. The van der Waals surface area contributed by atoms with E-state index >= 15 is 0 Å². The Morgan fingerprint density at radius 1 is 0.780 bits per heavy atom. The van der Waals surface area contributed by atoms with Gasteiger partial charge in [-0.2, -0.15) is 0 Å². The van der Waals surface area contributed by atoms with Crippen molar-refractivity contribution in [2.24, 2.45) is 0 Å². The van der Waals surface area contributed by atoms with Gasteiger partial charge in [-0.05, 0) is 25.5 Å². The molecular formula is C32H53NO7P+. The van der Waals surface area contributed by atoms with Gasteiger partial charge in [0.1, 0.15) is 30.8 Å². The minimum Gasteiger partial charge on any atom is -0.493 e. The minimum atomic E-state index is -2.09. The number of hydrogen-bond acceptors (Lipinski definition) is 7. The molecule has 0 amide bonds.